The molecule has 5 saturated carbocycles. The van der Waals surface area contributed by atoms with Gasteiger partial charge in [0.15, 0.2) is 0 Å². The maximum atomic E-state index is 12.9. The molecule has 0 saturated heterocycles. The minimum Gasteiger partial charge on any atom is -0.461 e. The van der Waals surface area contributed by atoms with Crippen molar-refractivity contribution in [1.82, 2.24) is 0 Å². The van der Waals surface area contributed by atoms with E-state index in [2.05, 4.69) is 13.8 Å². The van der Waals surface area contributed by atoms with E-state index in [4.69, 9.17) is 9.47 Å². The number of Topliss-reactive ketones (excluding diaryl/α,β-unsaturated/α-hetero) is 1. The monoisotopic (exact) mass is 334 g/mol. The lowest BCUT2D eigenvalue weighted by Crippen LogP contribution is -2.63. The van der Waals surface area contributed by atoms with Crippen molar-refractivity contribution < 1.29 is 23.9 Å². The highest BCUT2D eigenvalue weighted by molar-refractivity contribution is 5.88. The molecule has 5 aliphatic rings. The van der Waals surface area contributed by atoms with E-state index in [1.165, 1.54) is 13.8 Å². The quantitative estimate of drug-likeness (QED) is 0.726. The zero-order chi connectivity index (χ0) is 17.9. The molecule has 0 radical (unpaired) electrons. The van der Waals surface area contributed by atoms with Crippen molar-refractivity contribution >= 4 is 17.7 Å². The third-order valence-corrected chi connectivity index (χ3v) is 8.20. The summed E-state index contributed by atoms with van der Waals surface area (Å²) >= 11 is 0. The van der Waals surface area contributed by atoms with Gasteiger partial charge in [0.05, 0.1) is 5.41 Å². The molecule has 1 spiro atoms. The van der Waals surface area contributed by atoms with E-state index in [-0.39, 0.29) is 46.7 Å². The highest BCUT2D eigenvalue weighted by Crippen LogP contribution is 2.94. The highest BCUT2D eigenvalue weighted by atomic mass is 16.6. The summed E-state index contributed by atoms with van der Waals surface area (Å²) < 4.78 is 11.7. The number of rotatable bonds is 2. The molecule has 5 nitrogen and oxygen atoms in total. The maximum Gasteiger partial charge on any atom is 0.302 e. The van der Waals surface area contributed by atoms with Gasteiger partial charge in [-0.15, -0.1) is 0 Å². The predicted molar refractivity (Wildman–Crippen MR) is 84.8 cm³/mol. The molecule has 0 amide bonds. The number of carbonyl (C=O) groups is 3. The van der Waals surface area contributed by atoms with Crippen LogP contribution in [0.4, 0.5) is 0 Å². The van der Waals surface area contributed by atoms with Crippen LogP contribution in [0.15, 0.2) is 0 Å². The van der Waals surface area contributed by atoms with Gasteiger partial charge in [-0.3, -0.25) is 14.4 Å². The molecule has 0 aliphatic heterocycles. The van der Waals surface area contributed by atoms with E-state index in [1.807, 2.05) is 13.8 Å². The highest BCUT2D eigenvalue weighted by Gasteiger charge is 2.99. The van der Waals surface area contributed by atoms with Crippen LogP contribution in [0.5, 0.6) is 0 Å². The van der Waals surface area contributed by atoms with Crippen LogP contribution in [-0.4, -0.2) is 29.9 Å². The topological polar surface area (TPSA) is 69.7 Å². The first-order valence-electron chi connectivity index (χ1n) is 8.85. The standard InChI is InChI=1S/C19H26O5/c1-9(20)23-14-12-13-17(5)8-7-11(22)16(3,4)19(14,17)15(18(12,13)6)24-10(2)21/h12-15H,7-8H2,1-6H3/t12-,13+,14-,15+,17+,18+,19-/m0/s1. The lowest BCUT2D eigenvalue weighted by molar-refractivity contribution is -0.204. The Balaban J connectivity index is 1.96. The molecule has 0 aromatic carbocycles. The summed E-state index contributed by atoms with van der Waals surface area (Å²) in [5, 5.41) is 0. The van der Waals surface area contributed by atoms with E-state index in [9.17, 15) is 14.4 Å². The summed E-state index contributed by atoms with van der Waals surface area (Å²) in [6.07, 6.45) is 0.607. The Morgan fingerprint density at radius 2 is 1.62 bits per heavy atom. The molecule has 0 unspecified atom stereocenters. The minimum absolute atomic E-state index is 0.149. The van der Waals surface area contributed by atoms with Crippen molar-refractivity contribution in [2.75, 3.05) is 0 Å². The molecule has 5 rings (SSSR count). The average Bonchev–Trinajstić information content (AvgIpc) is 2.85. The summed E-state index contributed by atoms with van der Waals surface area (Å²) in [4.78, 5) is 36.5. The van der Waals surface area contributed by atoms with Gasteiger partial charge in [0.2, 0.25) is 0 Å². The number of hydrogen-bond acceptors (Lipinski definition) is 5. The molecule has 5 aliphatic carbocycles. The summed E-state index contributed by atoms with van der Waals surface area (Å²) in [5.41, 5.74) is -1.66. The zero-order valence-corrected chi connectivity index (χ0v) is 15.3. The molecule has 7 atom stereocenters. The SMILES string of the molecule is CC(=O)O[C@@H]1[C@]2(C)[C@@H]3[C@H](OC(C)=O)[C@@]14C(C)(C)C(=O)CC[C@]4(C)[C@@H]32. The van der Waals surface area contributed by atoms with Gasteiger partial charge in [-0.05, 0) is 17.8 Å². The van der Waals surface area contributed by atoms with Crippen molar-refractivity contribution in [2.24, 2.45) is 33.5 Å². The molecule has 4 bridgehead atoms. The van der Waals surface area contributed by atoms with Crippen LogP contribution in [0.25, 0.3) is 0 Å². The number of ether oxygens (including phenoxy) is 2. The van der Waals surface area contributed by atoms with Gasteiger partial charge >= 0.3 is 11.9 Å². The Labute approximate surface area is 142 Å². The minimum atomic E-state index is -0.693. The van der Waals surface area contributed by atoms with E-state index in [0.717, 1.165) is 6.42 Å². The molecule has 0 aromatic heterocycles. The third kappa shape index (κ3) is 1.28. The van der Waals surface area contributed by atoms with E-state index < -0.39 is 10.8 Å². The number of esters is 2. The molecule has 0 N–H and O–H groups in total. The lowest BCUT2D eigenvalue weighted by Gasteiger charge is -2.57. The number of carbonyl (C=O) groups excluding carboxylic acids is 3. The van der Waals surface area contributed by atoms with Gasteiger partial charge in [0.1, 0.15) is 18.0 Å². The maximum absolute atomic E-state index is 12.9. The lowest BCUT2D eigenvalue weighted by atomic mass is 9.47. The normalized spacial score (nSPS) is 52.7. The van der Waals surface area contributed by atoms with E-state index >= 15 is 0 Å². The van der Waals surface area contributed by atoms with Crippen molar-refractivity contribution in [1.29, 1.82) is 0 Å². The van der Waals surface area contributed by atoms with Crippen LogP contribution in [0, 0.1) is 33.5 Å². The Hall–Kier alpha value is -1.39. The van der Waals surface area contributed by atoms with Crippen LogP contribution in [0.3, 0.4) is 0 Å². The second kappa shape index (κ2) is 4.05. The molecule has 132 valence electrons. The van der Waals surface area contributed by atoms with Crippen molar-refractivity contribution in [2.45, 2.75) is 66.6 Å². The number of hydrogen-bond donors (Lipinski definition) is 0. The Morgan fingerprint density at radius 3 is 2.17 bits per heavy atom. The summed E-state index contributed by atoms with van der Waals surface area (Å²) in [6, 6.07) is 0. The largest absolute Gasteiger partial charge is 0.461 e. The van der Waals surface area contributed by atoms with Crippen LogP contribution >= 0.6 is 0 Å². The second-order valence-electron chi connectivity index (χ2n) is 9.22. The van der Waals surface area contributed by atoms with Crippen LogP contribution in [-0.2, 0) is 23.9 Å². The van der Waals surface area contributed by atoms with Crippen LogP contribution < -0.4 is 0 Å². The predicted octanol–water partition coefficient (Wildman–Crippen LogP) is 2.51. The fourth-order valence-corrected chi connectivity index (χ4v) is 7.70. The van der Waals surface area contributed by atoms with E-state index in [0.29, 0.717) is 12.3 Å². The zero-order valence-electron chi connectivity index (χ0n) is 15.3. The summed E-state index contributed by atoms with van der Waals surface area (Å²) in [7, 11) is 0. The molecular formula is C19H26O5. The first-order chi connectivity index (χ1) is 11.0. The van der Waals surface area contributed by atoms with Gasteiger partial charge in [0.25, 0.3) is 0 Å². The van der Waals surface area contributed by atoms with Gasteiger partial charge in [-0.2, -0.15) is 0 Å². The first-order valence-corrected chi connectivity index (χ1v) is 8.85. The van der Waals surface area contributed by atoms with Crippen molar-refractivity contribution in [3.05, 3.63) is 0 Å². The third-order valence-electron chi connectivity index (χ3n) is 8.20. The molecule has 0 aromatic rings. The molecular weight excluding hydrogens is 308 g/mol. The fourth-order valence-electron chi connectivity index (χ4n) is 7.70. The second-order valence-corrected chi connectivity index (χ2v) is 9.22. The molecule has 5 heteroatoms. The Bertz CT molecular complexity index is 681. The van der Waals surface area contributed by atoms with E-state index in [1.54, 1.807) is 0 Å². The van der Waals surface area contributed by atoms with Gasteiger partial charge in [-0.1, -0.05) is 27.7 Å². The van der Waals surface area contributed by atoms with Crippen LogP contribution in [0.1, 0.15) is 54.4 Å². The van der Waals surface area contributed by atoms with Crippen molar-refractivity contribution in [3.8, 4) is 0 Å². The Kier molecular flexibility index (Phi) is 2.72. The molecule has 24 heavy (non-hydrogen) atoms. The fraction of sp³-hybridized carbons (Fsp3) is 0.842. The first kappa shape index (κ1) is 16.1. The van der Waals surface area contributed by atoms with Crippen molar-refractivity contribution in [3.63, 3.8) is 0 Å². The number of ketones is 1. The van der Waals surface area contributed by atoms with Gasteiger partial charge in [0, 0.05) is 37.0 Å². The Morgan fingerprint density at radius 1 is 1.04 bits per heavy atom. The average molecular weight is 334 g/mol. The van der Waals surface area contributed by atoms with Gasteiger partial charge in [-0.25, -0.2) is 0 Å². The smallest absolute Gasteiger partial charge is 0.302 e. The summed E-state index contributed by atoms with van der Waals surface area (Å²) in [5.74, 6) is 0.0484. The van der Waals surface area contributed by atoms with Crippen LogP contribution in [0.2, 0.25) is 0 Å². The molecule has 5 fully saturated rings. The molecule has 0 heterocycles. The van der Waals surface area contributed by atoms with Gasteiger partial charge < -0.3 is 9.47 Å². The summed E-state index contributed by atoms with van der Waals surface area (Å²) in [6.45, 7) is 11.1.